The van der Waals surface area contributed by atoms with Crippen molar-refractivity contribution in [2.24, 2.45) is 58.2 Å². The molecule has 0 spiro atoms. The molecule has 0 N–H and O–H groups in total. The Hall–Kier alpha value is -4.75. The highest BCUT2D eigenvalue weighted by Crippen LogP contribution is 2.66. The van der Waals surface area contributed by atoms with Crippen LogP contribution in [0.15, 0.2) is 25.3 Å². The molecule has 0 bridgehead atoms. The van der Waals surface area contributed by atoms with Gasteiger partial charge in [0.25, 0.3) is 13.1 Å². The Bertz CT molecular complexity index is 3140. The second-order valence-electron chi connectivity index (χ2n) is 34.8. The van der Waals surface area contributed by atoms with E-state index >= 15 is 0 Å². The molecule has 0 aromatic carbocycles. The number of amides is 2. The third kappa shape index (κ3) is 27.1. The van der Waals surface area contributed by atoms with Crippen LogP contribution in [-0.2, 0) is 77.4 Å². The number of ketones is 3. The highest BCUT2D eigenvalue weighted by molar-refractivity contribution is 7.89. The lowest BCUT2D eigenvalue weighted by atomic mass is 9.84. The number of rotatable bonds is 20. The van der Waals surface area contributed by atoms with Crippen LogP contribution in [0.2, 0.25) is 51.4 Å². The highest BCUT2D eigenvalue weighted by Gasteiger charge is 2.70. The van der Waals surface area contributed by atoms with E-state index in [0.29, 0.717) is 70.2 Å². The minimum Gasteiger partial charge on any atom is -0.460 e. The van der Waals surface area contributed by atoms with Crippen LogP contribution in [0.25, 0.3) is 4.85 Å². The second-order valence-corrected chi connectivity index (χ2v) is 50.2. The zero-order valence-electron chi connectivity index (χ0n) is 64.2. The first-order chi connectivity index (χ1) is 46.2. The molecule has 6 rings (SSSR count). The fourth-order valence-corrected chi connectivity index (χ4v) is 24.1. The maximum atomic E-state index is 14.7. The zero-order chi connectivity index (χ0) is 75.7. The van der Waals surface area contributed by atoms with Gasteiger partial charge in [-0.2, -0.15) is 0 Å². The summed E-state index contributed by atoms with van der Waals surface area (Å²) in [6.07, 6.45) is 12.0. The van der Waals surface area contributed by atoms with Crippen LogP contribution in [0.1, 0.15) is 192 Å². The van der Waals surface area contributed by atoms with Crippen molar-refractivity contribution in [1.82, 2.24) is 18.4 Å². The maximum Gasteiger partial charge on any atom is 0.307 e. The average molecular weight is 1480 g/mol. The van der Waals surface area contributed by atoms with Gasteiger partial charge in [0.05, 0.1) is 48.3 Å². The van der Waals surface area contributed by atoms with E-state index in [1.54, 1.807) is 63.5 Å². The molecular formula is C75H128N5O16S2Si2+. The van der Waals surface area contributed by atoms with E-state index in [0.717, 1.165) is 51.2 Å². The number of hydrogen-bond acceptors (Lipinski definition) is 16. The van der Waals surface area contributed by atoms with Crippen molar-refractivity contribution < 1.29 is 74.2 Å². The zero-order valence-corrected chi connectivity index (χ0v) is 67.8. The molecule has 2 saturated carbocycles. The Morgan fingerprint density at radius 3 is 1.38 bits per heavy atom. The van der Waals surface area contributed by atoms with E-state index in [4.69, 9.17) is 20.8 Å². The SMILES string of the molecule is C#[N+]CC=C.C=CCCC(=O)C(OC(C)=O)[C@@H]1CCCCCCCN(S(=O)(=O)CC[Si](C)(C)C)C[C@H](CC(=O)OC(C)(C)C)C(=O)N2C[C@H]3[C@@H]([C@H]2C(=O)C1)C3(C)C.CC(C)(C)OC(=O)C[C@H]1CN(S(=O)(=O)CC[Si](C)(C)C)CCCCCCC[C@@H](C=O)CC(=O)[C@@H]2[C@@H]3[C@H](CN2C1=O)C3(C)C. The predicted octanol–water partition coefficient (Wildman–Crippen LogP) is 12.2. The number of nitrogens with zero attached hydrogens (tertiary/aromatic N) is 5. The number of Topliss-reactive ketones (excluding diaryl/α,β-unsaturated/α-hetero) is 3. The number of ether oxygens (including phenoxy) is 3. The van der Waals surface area contributed by atoms with Gasteiger partial charge >= 0.3 is 17.9 Å². The summed E-state index contributed by atoms with van der Waals surface area (Å²) in [5, 5.41) is 0. The first kappa shape index (κ1) is 87.7. The van der Waals surface area contributed by atoms with Gasteiger partial charge in [-0.05, 0) is 126 Å². The van der Waals surface area contributed by atoms with Crippen LogP contribution < -0.4 is 0 Å². The molecule has 0 radical (unpaired) electrons. The number of fused-ring (bicyclic) bond motifs is 6. The third-order valence-corrected chi connectivity index (χ3v) is 28.7. The highest BCUT2D eigenvalue weighted by atomic mass is 32.2. The molecule has 11 atom stereocenters. The summed E-state index contributed by atoms with van der Waals surface area (Å²) in [4.78, 5) is 128. The van der Waals surface area contributed by atoms with Gasteiger partial charge in [0.1, 0.15) is 17.5 Å². The van der Waals surface area contributed by atoms with E-state index in [2.05, 4.69) is 85.0 Å². The minimum atomic E-state index is -3.76. The molecule has 1 unspecified atom stereocenters. The van der Waals surface area contributed by atoms with Gasteiger partial charge in [-0.1, -0.05) is 136 Å². The topological polar surface area (TPSA) is 267 Å². The Kier molecular flexibility index (Phi) is 32.7. The van der Waals surface area contributed by atoms with E-state index in [1.807, 2.05) is 0 Å². The summed E-state index contributed by atoms with van der Waals surface area (Å²) < 4.78 is 75.1. The molecular weight excluding hydrogens is 1350 g/mol. The molecule has 0 aromatic rings. The fourth-order valence-electron chi connectivity index (χ4n) is 15.0. The number of hydrogen-bond donors (Lipinski definition) is 0. The van der Waals surface area contributed by atoms with Crippen molar-refractivity contribution in [3.8, 4) is 6.57 Å². The Labute approximate surface area is 603 Å². The van der Waals surface area contributed by atoms with E-state index in [9.17, 15) is 60.0 Å². The smallest absolute Gasteiger partial charge is 0.307 e. The summed E-state index contributed by atoms with van der Waals surface area (Å²) >= 11 is 0. The number of sulfonamides is 2. The molecule has 6 fully saturated rings. The Balaban J connectivity index is 0.000000403. The van der Waals surface area contributed by atoms with Crippen molar-refractivity contribution in [3.05, 3.63) is 30.2 Å². The van der Waals surface area contributed by atoms with Crippen LogP contribution in [-0.4, -0.2) is 191 Å². The molecule has 2 aliphatic carbocycles. The van der Waals surface area contributed by atoms with Gasteiger partial charge < -0.3 is 28.8 Å². The van der Waals surface area contributed by atoms with Gasteiger partial charge in [0.2, 0.25) is 31.9 Å². The molecule has 568 valence electrons. The van der Waals surface area contributed by atoms with Crippen molar-refractivity contribution in [2.45, 2.75) is 272 Å². The maximum absolute atomic E-state index is 14.7. The summed E-state index contributed by atoms with van der Waals surface area (Å²) in [5.41, 5.74) is -1.87. The second kappa shape index (κ2) is 37.3. The number of carbonyl (C=O) groups is 9. The number of aldehydes is 1. The molecule has 2 amide bonds. The van der Waals surface area contributed by atoms with E-state index < -0.39 is 107 Å². The molecule has 4 saturated heterocycles. The van der Waals surface area contributed by atoms with Crippen LogP contribution in [0.5, 0.6) is 0 Å². The monoisotopic (exact) mass is 1470 g/mol. The number of esters is 3. The number of carbonyl (C=O) groups excluding carboxylic acids is 9. The summed E-state index contributed by atoms with van der Waals surface area (Å²) in [7, 11) is -10.8. The number of piperidine rings is 2. The van der Waals surface area contributed by atoms with Crippen molar-refractivity contribution in [3.63, 3.8) is 0 Å². The van der Waals surface area contributed by atoms with Gasteiger partial charge in [-0.25, -0.2) is 25.4 Å². The summed E-state index contributed by atoms with van der Waals surface area (Å²) in [6, 6.07) is -0.290. The minimum absolute atomic E-state index is 0.00566. The molecule has 4 heterocycles. The molecule has 100 heavy (non-hydrogen) atoms. The fraction of sp³-hybridized carbons (Fsp3) is 0.813. The van der Waals surface area contributed by atoms with Gasteiger partial charge in [0.15, 0.2) is 23.5 Å². The van der Waals surface area contributed by atoms with E-state index in [1.165, 1.54) is 15.5 Å². The summed E-state index contributed by atoms with van der Waals surface area (Å²) in [5.74, 6) is -5.97. The third-order valence-electron chi connectivity index (χ3n) is 20.8. The first-order valence-corrected chi connectivity index (χ1v) is 47.6. The quantitative estimate of drug-likeness (QED) is 0.0360. The first-order valence-electron chi connectivity index (χ1n) is 37.0. The van der Waals surface area contributed by atoms with E-state index in [-0.39, 0.29) is 133 Å². The Morgan fingerprint density at radius 2 is 1.02 bits per heavy atom. The number of allylic oxidation sites excluding steroid dienone is 1. The van der Waals surface area contributed by atoms with Crippen molar-refractivity contribution in [1.29, 1.82) is 0 Å². The lowest BCUT2D eigenvalue weighted by molar-refractivity contribution is -0.160. The molecule has 21 nitrogen and oxygen atoms in total. The van der Waals surface area contributed by atoms with Crippen molar-refractivity contribution in [2.75, 3.05) is 57.3 Å². The largest absolute Gasteiger partial charge is 0.460 e. The average Bonchev–Trinajstić information content (AvgIpc) is 1.53. The molecule has 4 aliphatic heterocycles. The lowest BCUT2D eigenvalue weighted by Crippen LogP contribution is -2.51. The normalized spacial score (nSPS) is 27.3. The van der Waals surface area contributed by atoms with Gasteiger partial charge in [0, 0.05) is 93.4 Å². The molecule has 25 heteroatoms. The van der Waals surface area contributed by atoms with Crippen LogP contribution in [0.3, 0.4) is 0 Å². The molecule has 0 aromatic heterocycles. The van der Waals surface area contributed by atoms with Crippen LogP contribution >= 0.6 is 0 Å². The standard InChI is InChI=1S/C39H66N2O9SSi.C32H56N2O7SSi.C4H6N/c1-11-12-19-31(43)36(49-27(2)42)28-18-16-14-13-15-17-20-40(51(47,48)21-22-52(8,9)10)25-29(24-33(45)50-38(3,4)5)37(46)41-26-30-34(39(30,6)7)35(41)32(44)23-28;1-31(2,3)41-27(37)19-24-20-33(42(39,40)16-17-43(6,7)8)15-13-11-9-10-12-14-23(22-35)18-26(36)29-28-25(32(28,4)5)21-34(29)30(24)38;1-3-4-5-2/h11,28-30,34-36H,1,12-26H2,2-10H3;22-25,28-29H,9-21H2,1-8H3;2-3H,1,4H2/q;;+1/t28-,29+,30+,34+,35-,36?;23-,24+,25+,28+,29-;/m11./s1. The van der Waals surface area contributed by atoms with Crippen LogP contribution in [0, 0.1) is 64.7 Å². The van der Waals surface area contributed by atoms with Crippen LogP contribution in [0.4, 0.5) is 0 Å². The Morgan fingerprint density at radius 1 is 0.620 bits per heavy atom. The predicted molar refractivity (Wildman–Crippen MR) is 399 cm³/mol. The summed E-state index contributed by atoms with van der Waals surface area (Å²) in [6.45, 7) is 46.2. The van der Waals surface area contributed by atoms with Gasteiger partial charge in [-0.3, -0.25) is 38.4 Å². The van der Waals surface area contributed by atoms with Crippen molar-refractivity contribution >= 4 is 89.6 Å². The molecule has 6 aliphatic rings. The lowest BCUT2D eigenvalue weighted by Gasteiger charge is -2.36. The van der Waals surface area contributed by atoms with Gasteiger partial charge in [-0.15, -0.1) is 6.58 Å².